The summed E-state index contributed by atoms with van der Waals surface area (Å²) < 4.78 is 44.8. The highest BCUT2D eigenvalue weighted by atomic mass is 32.1. The topological polar surface area (TPSA) is 73.6 Å². The Bertz CT molecular complexity index is 856. The van der Waals surface area contributed by atoms with Gasteiger partial charge in [0, 0.05) is 0 Å². The maximum absolute atomic E-state index is 13.2. The Morgan fingerprint density at radius 2 is 1.89 bits per heavy atom. The second-order valence-corrected chi connectivity index (χ2v) is 7.19. The predicted octanol–water partition coefficient (Wildman–Crippen LogP) is 3.83. The summed E-state index contributed by atoms with van der Waals surface area (Å²) in [6, 6.07) is 3.20. The molecule has 0 bridgehead atoms. The Labute approximate surface area is 159 Å². The molecule has 10 heteroatoms. The van der Waals surface area contributed by atoms with E-state index in [4.69, 9.17) is 22.2 Å². The largest absolute Gasteiger partial charge is 0.443 e. The number of nitriles is 1. The van der Waals surface area contributed by atoms with Gasteiger partial charge in [-0.05, 0) is 58.1 Å². The van der Waals surface area contributed by atoms with Gasteiger partial charge in [-0.2, -0.15) is 18.4 Å². The van der Waals surface area contributed by atoms with E-state index in [9.17, 15) is 22.8 Å². The van der Waals surface area contributed by atoms with E-state index in [2.05, 4.69) is 0 Å². The quantitative estimate of drug-likeness (QED) is 0.671. The van der Waals surface area contributed by atoms with Crippen LogP contribution in [0.25, 0.3) is 0 Å². The minimum absolute atomic E-state index is 0.186. The number of carbonyl (C=O) groups excluding carboxylic acids is 2. The number of anilines is 1. The summed E-state index contributed by atoms with van der Waals surface area (Å²) in [7, 11) is 0. The first kappa shape index (κ1) is 20.6. The van der Waals surface area contributed by atoms with Crippen molar-refractivity contribution >= 4 is 35.0 Å². The Morgan fingerprint density at radius 3 is 2.37 bits per heavy atom. The number of rotatable bonds is 1. The van der Waals surface area contributed by atoms with Gasteiger partial charge in [0.15, 0.2) is 5.11 Å². The van der Waals surface area contributed by atoms with Gasteiger partial charge in [0.1, 0.15) is 11.6 Å². The first-order valence-electron chi connectivity index (χ1n) is 7.79. The molecule has 2 rings (SSSR count). The fraction of sp³-hybridized carbons (Fsp3) is 0.412. The summed E-state index contributed by atoms with van der Waals surface area (Å²) >= 11 is 5.15. The average Bonchev–Trinajstić information content (AvgIpc) is 2.74. The molecule has 1 aromatic rings. The lowest BCUT2D eigenvalue weighted by Gasteiger charge is -2.26. The predicted molar refractivity (Wildman–Crippen MR) is 93.8 cm³/mol. The third-order valence-electron chi connectivity index (χ3n) is 3.64. The minimum Gasteiger partial charge on any atom is -0.443 e. The van der Waals surface area contributed by atoms with Crippen LogP contribution in [0, 0.1) is 11.3 Å². The first-order valence-corrected chi connectivity index (χ1v) is 8.20. The third kappa shape index (κ3) is 4.03. The molecule has 1 atom stereocenters. The summed E-state index contributed by atoms with van der Waals surface area (Å²) in [5, 5.41) is 8.59. The number of thiocarbonyl (C=S) groups is 1. The number of carbonyl (C=O) groups is 2. The van der Waals surface area contributed by atoms with Crippen LogP contribution in [0.5, 0.6) is 0 Å². The summed E-state index contributed by atoms with van der Waals surface area (Å²) in [6.07, 6.45) is -5.66. The van der Waals surface area contributed by atoms with Gasteiger partial charge in [-0.15, -0.1) is 0 Å². The molecule has 0 saturated carbocycles. The van der Waals surface area contributed by atoms with Crippen LogP contribution in [-0.4, -0.2) is 33.7 Å². The molecule has 1 saturated heterocycles. The zero-order chi connectivity index (χ0) is 20.7. The molecular formula is C17H16F3N3O3S. The van der Waals surface area contributed by atoms with E-state index in [-0.39, 0.29) is 10.8 Å². The summed E-state index contributed by atoms with van der Waals surface area (Å²) in [6.45, 7) is 6.28. The zero-order valence-corrected chi connectivity index (χ0v) is 15.7. The highest BCUT2D eigenvalue weighted by molar-refractivity contribution is 7.80. The van der Waals surface area contributed by atoms with Crippen molar-refractivity contribution in [3.05, 3.63) is 29.3 Å². The summed E-state index contributed by atoms with van der Waals surface area (Å²) in [5.41, 5.74) is -2.81. The lowest BCUT2D eigenvalue weighted by atomic mass is 10.1. The molecule has 1 fully saturated rings. The number of hydrogen-bond acceptors (Lipinski definition) is 5. The Hall–Kier alpha value is -2.67. The van der Waals surface area contributed by atoms with Crippen molar-refractivity contribution in [2.45, 2.75) is 45.5 Å². The van der Waals surface area contributed by atoms with Crippen LogP contribution in [0.1, 0.15) is 38.8 Å². The highest BCUT2D eigenvalue weighted by Gasteiger charge is 2.46. The van der Waals surface area contributed by atoms with E-state index in [0.717, 1.165) is 15.9 Å². The number of halogens is 3. The molecule has 0 spiro atoms. The molecule has 1 unspecified atom stereocenters. The van der Waals surface area contributed by atoms with Gasteiger partial charge in [-0.1, -0.05) is 0 Å². The smallest absolute Gasteiger partial charge is 0.417 e. The minimum atomic E-state index is -4.79. The van der Waals surface area contributed by atoms with Gasteiger partial charge in [0.05, 0.1) is 22.9 Å². The molecule has 0 aliphatic carbocycles. The SMILES string of the molecule is CC1C(=O)N(c2ccc(C#N)c(C(F)(F)F)c2)C(=S)N1C(=O)OC(C)(C)C. The van der Waals surface area contributed by atoms with Gasteiger partial charge in [-0.3, -0.25) is 9.69 Å². The molecule has 1 aromatic carbocycles. The molecule has 2 amide bonds. The number of hydrogen-bond donors (Lipinski definition) is 0. The molecule has 144 valence electrons. The van der Waals surface area contributed by atoms with Crippen molar-refractivity contribution in [3.63, 3.8) is 0 Å². The van der Waals surface area contributed by atoms with Gasteiger partial charge in [-0.25, -0.2) is 9.69 Å². The molecule has 0 aromatic heterocycles. The normalized spacial score (nSPS) is 17.9. The second kappa shape index (κ2) is 6.81. The van der Waals surface area contributed by atoms with Crippen LogP contribution in [0.2, 0.25) is 0 Å². The van der Waals surface area contributed by atoms with Gasteiger partial charge < -0.3 is 4.74 Å². The number of nitrogens with zero attached hydrogens (tertiary/aromatic N) is 3. The fourth-order valence-electron chi connectivity index (χ4n) is 2.45. The van der Waals surface area contributed by atoms with E-state index in [1.165, 1.54) is 19.1 Å². The van der Waals surface area contributed by atoms with Crippen molar-refractivity contribution < 1.29 is 27.5 Å². The van der Waals surface area contributed by atoms with E-state index in [1.807, 2.05) is 0 Å². The molecule has 0 radical (unpaired) electrons. The van der Waals surface area contributed by atoms with E-state index in [0.29, 0.717) is 6.07 Å². The van der Waals surface area contributed by atoms with Crippen molar-refractivity contribution in [2.24, 2.45) is 0 Å². The summed E-state index contributed by atoms with van der Waals surface area (Å²) in [5.74, 6) is -0.677. The standard InChI is InChI=1S/C17H16F3N3O3S/c1-9-13(24)23(14(27)22(9)15(25)26-16(2,3)4)11-6-5-10(8-21)12(7-11)17(18,19)20/h5-7,9H,1-4H3. The average molecular weight is 399 g/mol. The monoisotopic (exact) mass is 399 g/mol. The zero-order valence-electron chi connectivity index (χ0n) is 14.9. The van der Waals surface area contributed by atoms with Crippen molar-refractivity contribution in [1.82, 2.24) is 4.90 Å². The Balaban J connectivity index is 2.46. The lowest BCUT2D eigenvalue weighted by Crippen LogP contribution is -2.42. The molecule has 0 N–H and O–H groups in total. The molecule has 27 heavy (non-hydrogen) atoms. The van der Waals surface area contributed by atoms with E-state index < -0.39 is 40.9 Å². The van der Waals surface area contributed by atoms with Crippen LogP contribution in [0.3, 0.4) is 0 Å². The number of alkyl halides is 3. The number of benzene rings is 1. The molecule has 1 aliphatic rings. The fourth-order valence-corrected chi connectivity index (χ4v) is 2.88. The molecule has 6 nitrogen and oxygen atoms in total. The molecular weight excluding hydrogens is 383 g/mol. The van der Waals surface area contributed by atoms with Crippen LogP contribution >= 0.6 is 12.2 Å². The van der Waals surface area contributed by atoms with Crippen LogP contribution < -0.4 is 4.90 Å². The third-order valence-corrected chi connectivity index (χ3v) is 4.02. The maximum atomic E-state index is 13.2. The Kier molecular flexibility index (Phi) is 5.21. The molecule has 1 heterocycles. The number of amides is 2. The van der Waals surface area contributed by atoms with E-state index in [1.54, 1.807) is 20.8 Å². The Morgan fingerprint density at radius 1 is 1.30 bits per heavy atom. The maximum Gasteiger partial charge on any atom is 0.417 e. The first-order chi connectivity index (χ1) is 12.3. The lowest BCUT2D eigenvalue weighted by molar-refractivity contribution is -0.137. The van der Waals surface area contributed by atoms with Gasteiger partial charge in [0.2, 0.25) is 0 Å². The highest BCUT2D eigenvalue weighted by Crippen LogP contribution is 2.36. The van der Waals surface area contributed by atoms with Crippen molar-refractivity contribution in [3.8, 4) is 6.07 Å². The van der Waals surface area contributed by atoms with Crippen molar-refractivity contribution in [1.29, 1.82) is 5.26 Å². The summed E-state index contributed by atoms with van der Waals surface area (Å²) in [4.78, 5) is 26.6. The van der Waals surface area contributed by atoms with Gasteiger partial charge in [0.25, 0.3) is 5.91 Å². The van der Waals surface area contributed by atoms with Crippen LogP contribution in [0.15, 0.2) is 18.2 Å². The molecule has 1 aliphatic heterocycles. The number of ether oxygens (including phenoxy) is 1. The van der Waals surface area contributed by atoms with Crippen LogP contribution in [-0.2, 0) is 15.7 Å². The van der Waals surface area contributed by atoms with Gasteiger partial charge >= 0.3 is 12.3 Å². The van der Waals surface area contributed by atoms with Crippen LogP contribution in [0.4, 0.5) is 23.7 Å². The second-order valence-electron chi connectivity index (χ2n) is 6.82. The van der Waals surface area contributed by atoms with Crippen molar-refractivity contribution in [2.75, 3.05) is 4.90 Å². The van der Waals surface area contributed by atoms with E-state index >= 15 is 0 Å².